The Hall–Kier alpha value is -0.890. The molecule has 1 rings (SSSR count). The number of hydrogen-bond donors (Lipinski definition) is 1. The van der Waals surface area contributed by atoms with Gasteiger partial charge in [0.05, 0.1) is 0 Å². The van der Waals surface area contributed by atoms with E-state index in [0.717, 1.165) is 5.56 Å². The molecule has 14 heavy (non-hydrogen) atoms. The van der Waals surface area contributed by atoms with Crippen LogP contribution >= 0.6 is 0 Å². The molecule has 1 aromatic rings. The lowest BCUT2D eigenvalue weighted by Crippen LogP contribution is -2.32. The number of alkyl halides is 1. The van der Waals surface area contributed by atoms with Crippen molar-refractivity contribution in [3.63, 3.8) is 0 Å². The van der Waals surface area contributed by atoms with Gasteiger partial charge in [0.25, 0.3) is 0 Å². The van der Waals surface area contributed by atoms with Crippen LogP contribution in [0.4, 0.5) is 4.39 Å². The Morgan fingerprint density at radius 1 is 1.29 bits per heavy atom. The van der Waals surface area contributed by atoms with Crippen molar-refractivity contribution >= 4 is 0 Å². The molecule has 0 aliphatic carbocycles. The van der Waals surface area contributed by atoms with Gasteiger partial charge in [-0.3, -0.25) is 0 Å². The van der Waals surface area contributed by atoms with Gasteiger partial charge in [-0.25, -0.2) is 4.39 Å². The van der Waals surface area contributed by atoms with Gasteiger partial charge in [0.15, 0.2) is 0 Å². The average molecular weight is 195 g/mol. The molecule has 0 saturated carbocycles. The van der Waals surface area contributed by atoms with Crippen molar-refractivity contribution < 1.29 is 4.39 Å². The van der Waals surface area contributed by atoms with E-state index in [1.807, 2.05) is 44.2 Å². The van der Waals surface area contributed by atoms with E-state index in [-0.39, 0.29) is 0 Å². The van der Waals surface area contributed by atoms with Crippen LogP contribution in [0.3, 0.4) is 0 Å². The highest BCUT2D eigenvalue weighted by Crippen LogP contribution is 2.30. The number of halogens is 1. The third-order valence-electron chi connectivity index (χ3n) is 2.72. The Morgan fingerprint density at radius 3 is 2.36 bits per heavy atom. The normalized spacial score (nSPS) is 14.0. The van der Waals surface area contributed by atoms with Crippen LogP contribution in [0.25, 0.3) is 0 Å². The van der Waals surface area contributed by atoms with Crippen LogP contribution < -0.4 is 5.73 Å². The molecule has 0 aliphatic rings. The monoisotopic (exact) mass is 195 g/mol. The molecule has 0 saturated heterocycles. The second-order valence-electron chi connectivity index (χ2n) is 4.13. The quantitative estimate of drug-likeness (QED) is 0.785. The number of benzene rings is 1. The molecule has 0 aromatic heterocycles. The summed E-state index contributed by atoms with van der Waals surface area (Å²) in [4.78, 5) is 0. The molecule has 2 heteroatoms. The predicted molar refractivity (Wildman–Crippen MR) is 58.0 cm³/mol. The summed E-state index contributed by atoms with van der Waals surface area (Å²) >= 11 is 0. The first-order chi connectivity index (χ1) is 6.59. The van der Waals surface area contributed by atoms with Crippen molar-refractivity contribution in [2.45, 2.75) is 31.9 Å². The third-order valence-corrected chi connectivity index (χ3v) is 2.72. The maximum absolute atomic E-state index is 13.8. The molecular formula is C12H18FN. The molecule has 0 aliphatic heterocycles. The van der Waals surface area contributed by atoms with Crippen LogP contribution in [0.5, 0.6) is 0 Å². The Bertz CT molecular complexity index is 269. The van der Waals surface area contributed by atoms with Crippen LogP contribution in [-0.2, 0) is 5.41 Å². The summed E-state index contributed by atoms with van der Waals surface area (Å²) in [5.74, 6) is 0. The number of rotatable bonds is 4. The lowest BCUT2D eigenvalue weighted by atomic mass is 9.79. The van der Waals surface area contributed by atoms with Crippen LogP contribution in [0.1, 0.15) is 25.8 Å². The number of hydrogen-bond acceptors (Lipinski definition) is 1. The summed E-state index contributed by atoms with van der Waals surface area (Å²) in [5.41, 5.74) is 5.95. The Labute approximate surface area is 85.1 Å². The van der Waals surface area contributed by atoms with Crippen LogP contribution in [0, 0.1) is 0 Å². The van der Waals surface area contributed by atoms with Gasteiger partial charge in [0.2, 0.25) is 0 Å². The summed E-state index contributed by atoms with van der Waals surface area (Å²) in [7, 11) is 0. The lowest BCUT2D eigenvalue weighted by molar-refractivity contribution is 0.205. The van der Waals surface area contributed by atoms with Crippen molar-refractivity contribution in [1.29, 1.82) is 0 Å². The first-order valence-corrected chi connectivity index (χ1v) is 4.98. The second-order valence-corrected chi connectivity index (χ2v) is 4.13. The van der Waals surface area contributed by atoms with Gasteiger partial charge < -0.3 is 5.73 Å². The molecule has 0 bridgehead atoms. The first kappa shape index (κ1) is 11.2. The zero-order valence-electron chi connectivity index (χ0n) is 8.83. The molecule has 0 radical (unpaired) electrons. The Kier molecular flexibility index (Phi) is 3.64. The molecule has 0 amide bonds. The lowest BCUT2D eigenvalue weighted by Gasteiger charge is -2.29. The molecule has 78 valence electrons. The minimum absolute atomic E-state index is 0.400. The fraction of sp³-hybridized carbons (Fsp3) is 0.500. The molecule has 1 aromatic carbocycles. The molecule has 1 atom stereocenters. The molecule has 0 heterocycles. The van der Waals surface area contributed by atoms with Crippen LogP contribution in [0.2, 0.25) is 0 Å². The van der Waals surface area contributed by atoms with Crippen molar-refractivity contribution in [3.8, 4) is 0 Å². The number of nitrogens with two attached hydrogens (primary N) is 1. The minimum Gasteiger partial charge on any atom is -0.330 e. The highest BCUT2D eigenvalue weighted by Gasteiger charge is 2.30. The standard InChI is InChI=1S/C12H18FN/c1-12(2,11(13)8-9-14)10-6-4-3-5-7-10/h3-7,11H,8-9,14H2,1-2H3. The van der Waals surface area contributed by atoms with E-state index in [9.17, 15) is 4.39 Å². The molecule has 0 fully saturated rings. The largest absolute Gasteiger partial charge is 0.330 e. The second kappa shape index (κ2) is 4.56. The summed E-state index contributed by atoms with van der Waals surface area (Å²) < 4.78 is 13.8. The van der Waals surface area contributed by atoms with Gasteiger partial charge in [-0.05, 0) is 18.5 Å². The topological polar surface area (TPSA) is 26.0 Å². The molecule has 1 nitrogen and oxygen atoms in total. The van der Waals surface area contributed by atoms with Gasteiger partial charge in [0, 0.05) is 5.41 Å². The van der Waals surface area contributed by atoms with E-state index in [1.165, 1.54) is 0 Å². The van der Waals surface area contributed by atoms with Gasteiger partial charge in [0.1, 0.15) is 6.17 Å². The Morgan fingerprint density at radius 2 is 1.86 bits per heavy atom. The van der Waals surface area contributed by atoms with Crippen molar-refractivity contribution in [3.05, 3.63) is 35.9 Å². The van der Waals surface area contributed by atoms with Gasteiger partial charge in [-0.1, -0.05) is 44.2 Å². The maximum atomic E-state index is 13.8. The predicted octanol–water partition coefficient (Wildman–Crippen LogP) is 2.65. The third kappa shape index (κ3) is 2.32. The zero-order valence-corrected chi connectivity index (χ0v) is 8.83. The van der Waals surface area contributed by atoms with E-state index in [2.05, 4.69) is 0 Å². The van der Waals surface area contributed by atoms with Crippen LogP contribution in [0.15, 0.2) is 30.3 Å². The highest BCUT2D eigenvalue weighted by molar-refractivity contribution is 5.24. The fourth-order valence-corrected chi connectivity index (χ4v) is 1.56. The van der Waals surface area contributed by atoms with E-state index in [0.29, 0.717) is 13.0 Å². The summed E-state index contributed by atoms with van der Waals surface area (Å²) in [6.07, 6.45) is -0.461. The van der Waals surface area contributed by atoms with Crippen molar-refractivity contribution in [1.82, 2.24) is 0 Å². The minimum atomic E-state index is -0.880. The van der Waals surface area contributed by atoms with E-state index in [1.54, 1.807) is 0 Å². The molecule has 0 spiro atoms. The smallest absolute Gasteiger partial charge is 0.110 e. The van der Waals surface area contributed by atoms with Crippen LogP contribution in [-0.4, -0.2) is 12.7 Å². The molecule has 2 N–H and O–H groups in total. The van der Waals surface area contributed by atoms with E-state index in [4.69, 9.17) is 5.73 Å². The van der Waals surface area contributed by atoms with Crippen molar-refractivity contribution in [2.24, 2.45) is 5.73 Å². The fourth-order valence-electron chi connectivity index (χ4n) is 1.56. The van der Waals surface area contributed by atoms with Gasteiger partial charge >= 0.3 is 0 Å². The summed E-state index contributed by atoms with van der Waals surface area (Å²) in [6, 6.07) is 9.74. The highest BCUT2D eigenvalue weighted by atomic mass is 19.1. The molecular weight excluding hydrogens is 177 g/mol. The SMILES string of the molecule is CC(C)(c1ccccc1)C(F)CCN. The Balaban J connectivity index is 2.84. The zero-order chi connectivity index (χ0) is 10.6. The molecule has 1 unspecified atom stereocenters. The maximum Gasteiger partial charge on any atom is 0.110 e. The average Bonchev–Trinajstić information content (AvgIpc) is 2.19. The summed E-state index contributed by atoms with van der Waals surface area (Å²) in [5, 5.41) is 0. The van der Waals surface area contributed by atoms with Gasteiger partial charge in [-0.2, -0.15) is 0 Å². The van der Waals surface area contributed by atoms with Crippen molar-refractivity contribution in [2.75, 3.05) is 6.54 Å². The summed E-state index contributed by atoms with van der Waals surface area (Å²) in [6.45, 7) is 4.24. The van der Waals surface area contributed by atoms with Gasteiger partial charge in [-0.15, -0.1) is 0 Å². The van der Waals surface area contributed by atoms with E-state index >= 15 is 0 Å². The first-order valence-electron chi connectivity index (χ1n) is 4.98. The van der Waals surface area contributed by atoms with E-state index < -0.39 is 11.6 Å².